The molecule has 8 nitrogen and oxygen atoms in total. The molecule has 0 spiro atoms. The molecule has 1 aliphatic heterocycles. The first-order valence-corrected chi connectivity index (χ1v) is 12.7. The second-order valence-corrected chi connectivity index (χ2v) is 10.7. The average molecular weight is 505 g/mol. The van der Waals surface area contributed by atoms with E-state index in [-0.39, 0.29) is 22.7 Å². The predicted molar refractivity (Wildman–Crippen MR) is 138 cm³/mol. The number of nitrogens with one attached hydrogen (secondary N) is 1. The van der Waals surface area contributed by atoms with Gasteiger partial charge in [-0.3, -0.25) is 9.59 Å². The summed E-state index contributed by atoms with van der Waals surface area (Å²) in [6.45, 7) is 4.20. The molecule has 1 N–H and O–H groups in total. The first-order chi connectivity index (χ1) is 17.3. The smallest absolute Gasteiger partial charge is 0.227 e. The number of Topliss-reactive ketones (excluding diaryl/α,β-unsaturated/α-hetero) is 2. The summed E-state index contributed by atoms with van der Waals surface area (Å²) in [7, 11) is 3.21. The molecule has 0 saturated heterocycles. The number of ether oxygens (including phenoxy) is 2. The van der Waals surface area contributed by atoms with Crippen LogP contribution in [0.5, 0.6) is 11.5 Å². The Bertz CT molecular complexity index is 1340. The largest absolute Gasteiger partial charge is 0.497 e. The van der Waals surface area contributed by atoms with Gasteiger partial charge in [-0.05, 0) is 53.8 Å². The Morgan fingerprint density at radius 3 is 2.33 bits per heavy atom. The number of ketones is 2. The van der Waals surface area contributed by atoms with E-state index in [0.717, 1.165) is 29.0 Å². The summed E-state index contributed by atoms with van der Waals surface area (Å²) in [4.78, 5) is 30.7. The van der Waals surface area contributed by atoms with Crippen LogP contribution < -0.4 is 14.8 Å². The lowest BCUT2D eigenvalue weighted by atomic mass is 9.73. The number of thioether (sulfide) groups is 1. The van der Waals surface area contributed by atoms with E-state index in [2.05, 4.69) is 24.1 Å². The lowest BCUT2D eigenvalue weighted by molar-refractivity contribution is -0.118. The van der Waals surface area contributed by atoms with Crippen LogP contribution in [0.2, 0.25) is 0 Å². The zero-order valence-electron chi connectivity index (χ0n) is 20.7. The Kier molecular flexibility index (Phi) is 6.34. The van der Waals surface area contributed by atoms with Crippen molar-refractivity contribution in [2.45, 2.75) is 37.9 Å². The molecule has 0 bridgehead atoms. The first-order valence-electron chi connectivity index (χ1n) is 11.7. The van der Waals surface area contributed by atoms with Crippen LogP contribution >= 0.6 is 11.8 Å². The van der Waals surface area contributed by atoms with Crippen LogP contribution in [-0.4, -0.2) is 46.3 Å². The predicted octanol–water partition coefficient (Wildman–Crippen LogP) is 4.93. The number of hydrogen-bond acceptors (Lipinski definition) is 8. The molecule has 1 aromatic heterocycles. The third-order valence-electron chi connectivity index (χ3n) is 6.49. The Balaban J connectivity index is 1.44. The number of allylic oxidation sites excluding steroid dienone is 2. The monoisotopic (exact) mass is 504 g/mol. The summed E-state index contributed by atoms with van der Waals surface area (Å²) in [5, 5.41) is 8.57. The number of methoxy groups -OCH3 is 2. The summed E-state index contributed by atoms with van der Waals surface area (Å²) < 4.78 is 12.2. The van der Waals surface area contributed by atoms with E-state index in [1.165, 1.54) is 11.8 Å². The number of nitrogens with zero attached hydrogens (tertiary/aromatic N) is 3. The second kappa shape index (κ2) is 9.46. The van der Waals surface area contributed by atoms with Gasteiger partial charge in [-0.1, -0.05) is 37.7 Å². The lowest BCUT2D eigenvalue weighted by Crippen LogP contribution is -2.36. The van der Waals surface area contributed by atoms with Gasteiger partial charge in [0, 0.05) is 23.3 Å². The summed E-state index contributed by atoms with van der Waals surface area (Å²) in [5.41, 5.74) is 3.00. The molecule has 5 rings (SSSR count). The Hall–Kier alpha value is -3.59. The summed E-state index contributed by atoms with van der Waals surface area (Å²) >= 11 is 1.28. The zero-order chi connectivity index (χ0) is 25.4. The fraction of sp³-hybridized carbons (Fsp3) is 0.333. The van der Waals surface area contributed by atoms with Crippen LogP contribution in [0.1, 0.15) is 48.7 Å². The highest BCUT2D eigenvalue weighted by Gasteiger charge is 2.41. The van der Waals surface area contributed by atoms with Gasteiger partial charge in [-0.25, -0.2) is 4.68 Å². The number of carbonyl (C=O) groups excluding carboxylic acids is 2. The molecule has 0 radical (unpaired) electrons. The minimum absolute atomic E-state index is 0.0237. The molecule has 186 valence electrons. The van der Waals surface area contributed by atoms with Crippen LogP contribution in [-0.2, 0) is 4.79 Å². The van der Waals surface area contributed by atoms with E-state index < -0.39 is 6.04 Å². The van der Waals surface area contributed by atoms with E-state index in [1.807, 2.05) is 24.3 Å². The van der Waals surface area contributed by atoms with E-state index >= 15 is 0 Å². The summed E-state index contributed by atoms with van der Waals surface area (Å²) in [5.74, 6) is 2.29. The highest BCUT2D eigenvalue weighted by molar-refractivity contribution is 7.99. The van der Waals surface area contributed by atoms with Gasteiger partial charge in [-0.2, -0.15) is 4.98 Å². The molecule has 1 atom stereocenters. The number of benzene rings is 2. The maximum Gasteiger partial charge on any atom is 0.227 e. The first kappa shape index (κ1) is 24.1. The Morgan fingerprint density at radius 2 is 1.69 bits per heavy atom. The summed E-state index contributed by atoms with van der Waals surface area (Å²) in [6, 6.07) is 14.3. The van der Waals surface area contributed by atoms with Gasteiger partial charge >= 0.3 is 0 Å². The van der Waals surface area contributed by atoms with Crippen molar-refractivity contribution in [3.8, 4) is 11.5 Å². The number of fused-ring (bicyclic) bond motifs is 1. The normalized spacial score (nSPS) is 18.2. The molecule has 36 heavy (non-hydrogen) atoms. The maximum atomic E-state index is 13.3. The van der Waals surface area contributed by atoms with Crippen molar-refractivity contribution in [3.05, 3.63) is 70.9 Å². The Labute approximate surface area is 214 Å². The van der Waals surface area contributed by atoms with Gasteiger partial charge in [0.25, 0.3) is 0 Å². The molecular weight excluding hydrogens is 476 g/mol. The molecule has 0 fully saturated rings. The van der Waals surface area contributed by atoms with E-state index in [9.17, 15) is 9.59 Å². The minimum Gasteiger partial charge on any atom is -0.497 e. The van der Waals surface area contributed by atoms with Crippen molar-refractivity contribution in [1.29, 1.82) is 0 Å². The van der Waals surface area contributed by atoms with Crippen LogP contribution in [0.25, 0.3) is 0 Å². The summed E-state index contributed by atoms with van der Waals surface area (Å²) in [6.07, 6.45) is 1.22. The van der Waals surface area contributed by atoms with Gasteiger partial charge in [0.1, 0.15) is 17.5 Å². The van der Waals surface area contributed by atoms with Crippen molar-refractivity contribution >= 4 is 29.3 Å². The molecular formula is C27H28N4O4S. The Morgan fingerprint density at radius 1 is 1.06 bits per heavy atom. The van der Waals surface area contributed by atoms with Gasteiger partial charge in [0.05, 0.1) is 20.0 Å². The second-order valence-electron chi connectivity index (χ2n) is 9.74. The van der Waals surface area contributed by atoms with E-state index in [0.29, 0.717) is 28.8 Å². The molecule has 0 saturated carbocycles. The van der Waals surface area contributed by atoms with Crippen molar-refractivity contribution in [3.63, 3.8) is 0 Å². The standard InChI is InChI=1S/C27H28N4O4S/c1-27(2)13-20-23(21(32)14-27)24(17-7-11-19(35-4)12-8-17)31-25(28-20)29-26(30-31)36-15-22(33)16-5-9-18(34-3)10-6-16/h5-12,24H,13-15H2,1-4H3,(H,28,29,30)/t24-/m1/s1. The number of hydrogen-bond donors (Lipinski definition) is 1. The molecule has 3 aromatic rings. The SMILES string of the molecule is COc1ccc(C(=O)CSc2nc3n(n2)[C@H](c2ccc(OC)cc2)C2=C(CC(C)(C)CC2=O)N3)cc1. The van der Waals surface area contributed by atoms with E-state index in [4.69, 9.17) is 14.6 Å². The molecule has 0 unspecified atom stereocenters. The molecule has 2 heterocycles. The van der Waals surface area contributed by atoms with Gasteiger partial charge < -0.3 is 14.8 Å². The fourth-order valence-corrected chi connectivity index (χ4v) is 5.46. The van der Waals surface area contributed by atoms with Crippen molar-refractivity contribution < 1.29 is 19.1 Å². The third kappa shape index (κ3) is 4.63. The molecule has 2 aromatic carbocycles. The topological polar surface area (TPSA) is 95.3 Å². The zero-order valence-corrected chi connectivity index (χ0v) is 21.5. The number of carbonyl (C=O) groups is 2. The maximum absolute atomic E-state index is 13.3. The van der Waals surface area contributed by atoms with Gasteiger partial charge in [0.2, 0.25) is 11.1 Å². The van der Waals surface area contributed by atoms with E-state index in [1.54, 1.807) is 43.2 Å². The lowest BCUT2D eigenvalue weighted by Gasteiger charge is -2.38. The third-order valence-corrected chi connectivity index (χ3v) is 7.33. The fourth-order valence-electron chi connectivity index (χ4n) is 4.74. The van der Waals surface area contributed by atoms with Crippen molar-refractivity contribution in [2.75, 3.05) is 25.3 Å². The molecule has 1 aliphatic carbocycles. The number of aromatic nitrogens is 3. The van der Waals surface area contributed by atoms with Gasteiger partial charge in [-0.15, -0.1) is 5.10 Å². The van der Waals surface area contributed by atoms with Crippen molar-refractivity contribution in [2.24, 2.45) is 5.41 Å². The number of rotatable bonds is 7. The highest BCUT2D eigenvalue weighted by atomic mass is 32.2. The van der Waals surface area contributed by atoms with Crippen molar-refractivity contribution in [1.82, 2.24) is 14.8 Å². The number of anilines is 1. The van der Waals surface area contributed by atoms with Crippen LogP contribution in [0.4, 0.5) is 5.95 Å². The highest BCUT2D eigenvalue weighted by Crippen LogP contribution is 2.45. The molecule has 2 aliphatic rings. The molecule has 0 amide bonds. The van der Waals surface area contributed by atoms with Gasteiger partial charge in [0.15, 0.2) is 11.6 Å². The van der Waals surface area contributed by atoms with Crippen LogP contribution in [0.15, 0.2) is 65.0 Å². The molecule has 9 heteroatoms. The van der Waals surface area contributed by atoms with Crippen LogP contribution in [0.3, 0.4) is 0 Å². The van der Waals surface area contributed by atoms with Crippen LogP contribution in [0, 0.1) is 5.41 Å². The quantitative estimate of drug-likeness (QED) is 0.358. The minimum atomic E-state index is -0.398. The average Bonchev–Trinajstić information content (AvgIpc) is 3.28.